The van der Waals surface area contributed by atoms with Crippen LogP contribution in [0.3, 0.4) is 0 Å². The molecule has 2 nitrogen and oxygen atoms in total. The van der Waals surface area contributed by atoms with Gasteiger partial charge in [-0.25, -0.2) is 0 Å². The summed E-state index contributed by atoms with van der Waals surface area (Å²) in [6.45, 7) is 8.93. The molecule has 0 unspecified atom stereocenters. The van der Waals surface area contributed by atoms with Gasteiger partial charge in [0.1, 0.15) is 5.75 Å². The molecule has 2 aromatic rings. The number of aryl methyl sites for hydroxylation is 2. The van der Waals surface area contributed by atoms with E-state index in [0.717, 1.165) is 16.6 Å². The van der Waals surface area contributed by atoms with E-state index in [1.807, 2.05) is 24.3 Å². The maximum absolute atomic E-state index is 9.69. The van der Waals surface area contributed by atoms with Crippen molar-refractivity contribution in [3.63, 3.8) is 0 Å². The molecule has 3 heteroatoms. The summed E-state index contributed by atoms with van der Waals surface area (Å²) in [5.74, 6) is 0.973. The van der Waals surface area contributed by atoms with E-state index in [4.69, 9.17) is 4.74 Å². The first kappa shape index (κ1) is 22.1. The molecule has 0 fully saturated rings. The van der Waals surface area contributed by atoms with Gasteiger partial charge in [0.2, 0.25) is 0 Å². The Morgan fingerprint density at radius 1 is 1.21 bits per heavy atom. The molecule has 0 N–H and O–H groups in total. The van der Waals surface area contributed by atoms with E-state index < -0.39 is 0 Å². The van der Waals surface area contributed by atoms with Crippen LogP contribution in [0.1, 0.15) is 31.4 Å². The molecule has 0 aliphatic heterocycles. The maximum Gasteiger partial charge on any atom is 0.152 e. The highest BCUT2D eigenvalue weighted by Crippen LogP contribution is 2.13. The molecule has 0 aliphatic carbocycles. The van der Waals surface area contributed by atoms with Crippen LogP contribution in [0.5, 0.6) is 5.75 Å². The lowest BCUT2D eigenvalue weighted by Crippen LogP contribution is -1.86. The lowest BCUT2D eigenvalue weighted by molar-refractivity contribution is -0.112. The predicted molar refractivity (Wildman–Crippen MR) is 107 cm³/mol. The highest BCUT2D eigenvalue weighted by atomic mass is 79.9. The number of ether oxygens (including phenoxy) is 1. The van der Waals surface area contributed by atoms with Gasteiger partial charge in [-0.15, -0.1) is 0 Å². The topological polar surface area (TPSA) is 26.3 Å². The van der Waals surface area contributed by atoms with Crippen LogP contribution in [-0.4, -0.2) is 12.9 Å². The van der Waals surface area contributed by atoms with Gasteiger partial charge >= 0.3 is 0 Å². The molecule has 130 valence electrons. The molecule has 0 atom stereocenters. The molecule has 0 heterocycles. The number of benzene rings is 2. The van der Waals surface area contributed by atoms with Gasteiger partial charge in [-0.2, -0.15) is 0 Å². The fraction of sp³-hybridized carbons (Fsp3) is 0.286. The fourth-order valence-corrected chi connectivity index (χ4v) is 1.91. The van der Waals surface area contributed by atoms with Crippen molar-refractivity contribution in [1.29, 1.82) is 0 Å². The molecular weight excluding hydrogens is 364 g/mol. The molecule has 0 bridgehead atoms. The summed E-state index contributed by atoms with van der Waals surface area (Å²) in [7, 11) is 1.70. The van der Waals surface area contributed by atoms with Crippen molar-refractivity contribution in [1.82, 2.24) is 0 Å². The van der Waals surface area contributed by atoms with Crippen molar-refractivity contribution in [2.45, 2.75) is 33.6 Å². The minimum Gasteiger partial charge on any atom is -0.497 e. The normalized spacial score (nSPS) is 8.88. The Labute approximate surface area is 154 Å². The molecular formula is C21H27BrO2. The third kappa shape index (κ3) is 11.7. The zero-order valence-electron chi connectivity index (χ0n) is 15.0. The molecule has 24 heavy (non-hydrogen) atoms. The van der Waals surface area contributed by atoms with E-state index >= 15 is 0 Å². The molecule has 2 aromatic carbocycles. The number of carbonyl (C=O) groups is 1. The first-order chi connectivity index (χ1) is 11.4. The summed E-state index contributed by atoms with van der Waals surface area (Å²) in [5, 5.41) is 0. The number of halogens is 1. The van der Waals surface area contributed by atoms with E-state index in [2.05, 4.69) is 60.6 Å². The first-order valence-corrected chi connectivity index (χ1v) is 8.70. The van der Waals surface area contributed by atoms with Crippen molar-refractivity contribution in [3.05, 3.63) is 76.8 Å². The van der Waals surface area contributed by atoms with Gasteiger partial charge in [0, 0.05) is 4.47 Å². The average molecular weight is 391 g/mol. The first-order valence-electron chi connectivity index (χ1n) is 7.91. The fourth-order valence-electron chi connectivity index (χ4n) is 1.65. The Bertz CT molecular complexity index is 582. The molecule has 0 radical (unpaired) electrons. The molecule has 0 saturated carbocycles. The highest BCUT2D eigenvalue weighted by molar-refractivity contribution is 9.10. The Kier molecular flexibility index (Phi) is 12.5. The largest absolute Gasteiger partial charge is 0.497 e. The third-order valence-corrected chi connectivity index (χ3v) is 3.50. The summed E-state index contributed by atoms with van der Waals surface area (Å²) < 4.78 is 6.24. The van der Waals surface area contributed by atoms with Crippen molar-refractivity contribution < 1.29 is 9.53 Å². The number of hydrogen-bond donors (Lipinski definition) is 0. The Hall–Kier alpha value is -1.87. The number of ketones is 1. The van der Waals surface area contributed by atoms with Gasteiger partial charge in [0.25, 0.3) is 0 Å². The molecule has 0 aliphatic rings. The maximum atomic E-state index is 9.69. The van der Waals surface area contributed by atoms with Crippen molar-refractivity contribution in [2.24, 2.45) is 0 Å². The highest BCUT2D eigenvalue weighted by Gasteiger charge is 1.92. The van der Waals surface area contributed by atoms with Crippen molar-refractivity contribution >= 4 is 21.7 Å². The van der Waals surface area contributed by atoms with Crippen LogP contribution in [-0.2, 0) is 11.2 Å². The van der Waals surface area contributed by atoms with Crippen LogP contribution in [0, 0.1) is 6.92 Å². The Morgan fingerprint density at radius 2 is 1.79 bits per heavy atom. The van der Waals surface area contributed by atoms with Crippen molar-refractivity contribution in [2.75, 3.05) is 7.11 Å². The lowest BCUT2D eigenvalue weighted by Gasteiger charge is -2.01. The van der Waals surface area contributed by atoms with Crippen LogP contribution in [0.4, 0.5) is 0 Å². The van der Waals surface area contributed by atoms with Gasteiger partial charge in [0.05, 0.1) is 7.11 Å². The second kappa shape index (κ2) is 13.6. The smallest absolute Gasteiger partial charge is 0.152 e. The monoisotopic (exact) mass is 390 g/mol. The van der Waals surface area contributed by atoms with Crippen molar-refractivity contribution in [3.8, 4) is 5.75 Å². The Morgan fingerprint density at radius 3 is 2.21 bits per heavy atom. The minimum atomic E-state index is 0.0185. The van der Waals surface area contributed by atoms with E-state index in [9.17, 15) is 4.79 Å². The van der Waals surface area contributed by atoms with E-state index in [1.165, 1.54) is 30.5 Å². The summed E-state index contributed by atoms with van der Waals surface area (Å²) in [4.78, 5) is 9.69. The molecule has 0 saturated heterocycles. The molecule has 0 spiro atoms. The standard InChI is InChI=1S/C10H14O.C7H7Br.C4H6O/c1-3-5-9-6-4-7-10(8-9)11-2;1-6-2-4-7(8)5-3-6;1-3-4(2)5/h4,6-8H,3,5H2,1-2H3;2-5H,1H3;3H,1H2,2H3. The van der Waals surface area contributed by atoms with E-state index in [0.29, 0.717) is 0 Å². The van der Waals surface area contributed by atoms with Gasteiger partial charge in [0.15, 0.2) is 5.78 Å². The summed E-state index contributed by atoms with van der Waals surface area (Å²) in [6.07, 6.45) is 3.60. The number of rotatable bonds is 4. The molecule has 2 rings (SSSR count). The van der Waals surface area contributed by atoms with Crippen LogP contribution >= 0.6 is 15.9 Å². The van der Waals surface area contributed by atoms with Crippen LogP contribution in [0.25, 0.3) is 0 Å². The quantitative estimate of drug-likeness (QED) is 0.583. The van der Waals surface area contributed by atoms with Gasteiger partial charge < -0.3 is 4.74 Å². The summed E-state index contributed by atoms with van der Waals surface area (Å²) in [6, 6.07) is 16.4. The Balaban J connectivity index is 0.000000358. The lowest BCUT2D eigenvalue weighted by atomic mass is 10.1. The third-order valence-electron chi connectivity index (χ3n) is 2.97. The summed E-state index contributed by atoms with van der Waals surface area (Å²) >= 11 is 3.35. The van der Waals surface area contributed by atoms with Gasteiger partial charge in [-0.3, -0.25) is 4.79 Å². The second-order valence-corrected chi connectivity index (χ2v) is 6.13. The zero-order valence-corrected chi connectivity index (χ0v) is 16.6. The van der Waals surface area contributed by atoms with Gasteiger partial charge in [-0.1, -0.05) is 65.7 Å². The van der Waals surface area contributed by atoms with Crippen LogP contribution < -0.4 is 4.74 Å². The van der Waals surface area contributed by atoms with E-state index in [-0.39, 0.29) is 5.78 Å². The number of methoxy groups -OCH3 is 1. The van der Waals surface area contributed by atoms with Crippen LogP contribution in [0.15, 0.2) is 65.7 Å². The SMILES string of the molecule is C=CC(C)=O.CCCc1cccc(OC)c1.Cc1ccc(Br)cc1. The number of carbonyl (C=O) groups excluding carboxylic acids is 1. The van der Waals surface area contributed by atoms with Gasteiger partial charge in [-0.05, 0) is 56.2 Å². The average Bonchev–Trinajstić information content (AvgIpc) is 2.59. The second-order valence-electron chi connectivity index (χ2n) is 5.21. The molecule has 0 aromatic heterocycles. The zero-order chi connectivity index (χ0) is 18.4. The number of hydrogen-bond acceptors (Lipinski definition) is 2. The van der Waals surface area contributed by atoms with E-state index in [1.54, 1.807) is 7.11 Å². The molecule has 0 amide bonds. The number of allylic oxidation sites excluding steroid dienone is 1. The summed E-state index contributed by atoms with van der Waals surface area (Å²) in [5.41, 5.74) is 2.65. The predicted octanol–water partition coefficient (Wildman–Crippen LogP) is 6.17. The van der Waals surface area contributed by atoms with Crippen LogP contribution in [0.2, 0.25) is 0 Å². The minimum absolute atomic E-state index is 0.0185.